The molecule has 2 aromatic rings. The summed E-state index contributed by atoms with van der Waals surface area (Å²) in [6.07, 6.45) is 0.835. The Labute approximate surface area is 159 Å². The number of amides is 1. The van der Waals surface area contributed by atoms with E-state index < -0.39 is 5.82 Å². The molecule has 6 heteroatoms. The normalized spacial score (nSPS) is 12.2. The van der Waals surface area contributed by atoms with Crippen molar-refractivity contribution in [3.05, 3.63) is 52.0 Å². The minimum Gasteiger partial charge on any atom is -0.494 e. The molecule has 0 saturated heterocycles. The van der Waals surface area contributed by atoms with Gasteiger partial charge in [0.25, 0.3) is 0 Å². The number of ether oxygens (including phenoxy) is 1. The van der Waals surface area contributed by atoms with Gasteiger partial charge >= 0.3 is 0 Å². The van der Waals surface area contributed by atoms with Gasteiger partial charge in [0, 0.05) is 13.0 Å². The molecule has 1 atom stereocenters. The van der Waals surface area contributed by atoms with Gasteiger partial charge in [0.15, 0.2) is 11.6 Å². The van der Waals surface area contributed by atoms with Crippen LogP contribution in [-0.4, -0.2) is 37.6 Å². The Kier molecular flexibility index (Phi) is 8.06. The van der Waals surface area contributed by atoms with Gasteiger partial charge in [-0.15, -0.1) is 0 Å². The van der Waals surface area contributed by atoms with E-state index in [4.69, 9.17) is 4.74 Å². The molecule has 1 amide bonds. The van der Waals surface area contributed by atoms with Crippen LogP contribution in [0.2, 0.25) is 0 Å². The minimum atomic E-state index is -0.399. The maximum absolute atomic E-state index is 13.7. The van der Waals surface area contributed by atoms with Gasteiger partial charge < -0.3 is 10.1 Å². The largest absolute Gasteiger partial charge is 0.494 e. The fourth-order valence-corrected chi connectivity index (χ4v) is 3.72. The molecule has 0 aliphatic carbocycles. The zero-order valence-corrected chi connectivity index (χ0v) is 16.4. The monoisotopic (exact) mass is 378 g/mol. The van der Waals surface area contributed by atoms with Gasteiger partial charge in [0.1, 0.15) is 0 Å². The lowest BCUT2D eigenvalue weighted by atomic mass is 10.1. The van der Waals surface area contributed by atoms with E-state index in [1.807, 2.05) is 0 Å². The van der Waals surface area contributed by atoms with Crippen LogP contribution in [0, 0.1) is 5.82 Å². The zero-order chi connectivity index (χ0) is 18.9. The topological polar surface area (TPSA) is 41.6 Å². The molecule has 0 aliphatic heterocycles. The first-order valence-corrected chi connectivity index (χ1v) is 9.88. The molecule has 0 radical (unpaired) electrons. The number of aryl methyl sites for hydroxylation is 1. The number of hydrogen-bond donors (Lipinski definition) is 1. The highest BCUT2D eigenvalue weighted by atomic mass is 32.1. The predicted molar refractivity (Wildman–Crippen MR) is 104 cm³/mol. The van der Waals surface area contributed by atoms with E-state index in [-0.39, 0.29) is 17.7 Å². The van der Waals surface area contributed by atoms with E-state index in [2.05, 4.69) is 40.9 Å². The average molecular weight is 379 g/mol. The van der Waals surface area contributed by atoms with Crippen molar-refractivity contribution in [2.45, 2.75) is 32.7 Å². The molecular weight excluding hydrogens is 351 g/mol. The second-order valence-electron chi connectivity index (χ2n) is 6.07. The van der Waals surface area contributed by atoms with Gasteiger partial charge in [-0.2, -0.15) is 11.3 Å². The quantitative estimate of drug-likeness (QED) is 0.679. The minimum absolute atomic E-state index is 0.0198. The van der Waals surface area contributed by atoms with Crippen LogP contribution in [0.15, 0.2) is 35.0 Å². The molecule has 1 aromatic heterocycles. The highest BCUT2D eigenvalue weighted by Gasteiger charge is 2.19. The van der Waals surface area contributed by atoms with Crippen LogP contribution in [0.25, 0.3) is 0 Å². The number of nitrogens with zero attached hydrogens (tertiary/aromatic N) is 1. The third-order valence-electron chi connectivity index (χ3n) is 4.53. The fraction of sp³-hybridized carbons (Fsp3) is 0.450. The number of methoxy groups -OCH3 is 1. The lowest BCUT2D eigenvalue weighted by Crippen LogP contribution is -2.38. The Morgan fingerprint density at radius 3 is 2.65 bits per heavy atom. The van der Waals surface area contributed by atoms with Crippen molar-refractivity contribution < 1.29 is 13.9 Å². The number of carbonyl (C=O) groups is 1. The molecule has 0 saturated carbocycles. The Hall–Kier alpha value is -1.92. The maximum atomic E-state index is 13.7. The third-order valence-corrected chi connectivity index (χ3v) is 5.23. The van der Waals surface area contributed by atoms with Gasteiger partial charge in [0.05, 0.1) is 13.2 Å². The Bertz CT molecular complexity index is 687. The van der Waals surface area contributed by atoms with E-state index in [1.54, 1.807) is 23.5 Å². The summed E-state index contributed by atoms with van der Waals surface area (Å²) in [7, 11) is 1.44. The second kappa shape index (κ2) is 10.3. The van der Waals surface area contributed by atoms with E-state index >= 15 is 0 Å². The lowest BCUT2D eigenvalue weighted by molar-refractivity contribution is -0.121. The van der Waals surface area contributed by atoms with Crippen molar-refractivity contribution in [1.82, 2.24) is 10.2 Å². The van der Waals surface area contributed by atoms with Gasteiger partial charge in [0.2, 0.25) is 5.91 Å². The summed E-state index contributed by atoms with van der Waals surface area (Å²) in [5, 5.41) is 7.23. The molecule has 1 unspecified atom stereocenters. The molecule has 0 fully saturated rings. The van der Waals surface area contributed by atoms with Crippen molar-refractivity contribution in [2.24, 2.45) is 0 Å². The molecule has 4 nitrogen and oxygen atoms in total. The lowest BCUT2D eigenvalue weighted by Gasteiger charge is -2.29. The fourth-order valence-electron chi connectivity index (χ4n) is 3.01. The standard InChI is InChI=1S/C20H27FN2O2S/c1-4-23(5-2)18(16-10-11-26-14-16)13-22-20(24)9-7-15-6-8-19(25-3)17(21)12-15/h6,8,10-12,14,18H,4-5,7,9,13H2,1-3H3,(H,22,24). The summed E-state index contributed by atoms with van der Waals surface area (Å²) in [6, 6.07) is 7.10. The number of nitrogens with one attached hydrogen (secondary N) is 1. The number of halogens is 1. The Morgan fingerprint density at radius 2 is 2.08 bits per heavy atom. The third kappa shape index (κ3) is 5.54. The van der Waals surface area contributed by atoms with Crippen LogP contribution >= 0.6 is 11.3 Å². The molecule has 2 rings (SSSR count). The SMILES string of the molecule is CCN(CC)C(CNC(=O)CCc1ccc(OC)c(F)c1)c1ccsc1. The summed E-state index contributed by atoms with van der Waals surface area (Å²) in [4.78, 5) is 14.6. The molecular formula is C20H27FN2O2S. The van der Waals surface area contributed by atoms with Crippen LogP contribution in [0.1, 0.15) is 37.4 Å². The van der Waals surface area contributed by atoms with Gasteiger partial charge in [-0.05, 0) is 59.6 Å². The summed E-state index contributed by atoms with van der Waals surface area (Å²) in [5.41, 5.74) is 2.02. The van der Waals surface area contributed by atoms with E-state index in [0.29, 0.717) is 19.4 Å². The van der Waals surface area contributed by atoms with Crippen LogP contribution in [0.5, 0.6) is 5.75 Å². The number of thiophene rings is 1. The predicted octanol–water partition coefficient (Wildman–Crippen LogP) is 4.03. The van der Waals surface area contributed by atoms with Crippen LogP contribution in [0.3, 0.4) is 0 Å². The number of hydrogen-bond acceptors (Lipinski definition) is 4. The number of benzene rings is 1. The van der Waals surface area contributed by atoms with Crippen molar-refractivity contribution in [3.8, 4) is 5.75 Å². The van der Waals surface area contributed by atoms with E-state index in [9.17, 15) is 9.18 Å². The first kappa shape index (κ1) is 20.4. The van der Waals surface area contributed by atoms with Crippen molar-refractivity contribution in [3.63, 3.8) is 0 Å². The highest BCUT2D eigenvalue weighted by molar-refractivity contribution is 7.07. The Morgan fingerprint density at radius 1 is 1.31 bits per heavy atom. The molecule has 0 spiro atoms. The maximum Gasteiger partial charge on any atom is 0.220 e. The van der Waals surface area contributed by atoms with Crippen LogP contribution in [0.4, 0.5) is 4.39 Å². The summed E-state index contributed by atoms with van der Waals surface area (Å²) >= 11 is 1.67. The summed E-state index contributed by atoms with van der Waals surface area (Å²) < 4.78 is 18.6. The number of rotatable bonds is 10. The summed E-state index contributed by atoms with van der Waals surface area (Å²) in [5.74, 6) is -0.200. The number of likely N-dealkylation sites (N-methyl/N-ethyl adjacent to an activating group) is 1. The Balaban J connectivity index is 1.89. The van der Waals surface area contributed by atoms with Crippen LogP contribution < -0.4 is 10.1 Å². The first-order valence-electron chi connectivity index (χ1n) is 8.94. The van der Waals surface area contributed by atoms with Crippen LogP contribution in [-0.2, 0) is 11.2 Å². The van der Waals surface area contributed by atoms with E-state index in [1.165, 1.54) is 18.7 Å². The summed E-state index contributed by atoms with van der Waals surface area (Å²) in [6.45, 7) is 6.69. The van der Waals surface area contributed by atoms with Gasteiger partial charge in [-0.3, -0.25) is 9.69 Å². The van der Waals surface area contributed by atoms with Gasteiger partial charge in [-0.25, -0.2) is 4.39 Å². The first-order chi connectivity index (χ1) is 12.6. The number of carbonyl (C=O) groups excluding carboxylic acids is 1. The van der Waals surface area contributed by atoms with Crippen molar-refractivity contribution >= 4 is 17.2 Å². The van der Waals surface area contributed by atoms with Crippen molar-refractivity contribution in [2.75, 3.05) is 26.7 Å². The molecule has 1 heterocycles. The zero-order valence-electron chi connectivity index (χ0n) is 15.6. The van der Waals surface area contributed by atoms with Crippen molar-refractivity contribution in [1.29, 1.82) is 0 Å². The molecule has 1 N–H and O–H groups in total. The van der Waals surface area contributed by atoms with Gasteiger partial charge in [-0.1, -0.05) is 19.9 Å². The molecule has 1 aromatic carbocycles. The van der Waals surface area contributed by atoms with E-state index in [0.717, 1.165) is 18.7 Å². The average Bonchev–Trinajstić information content (AvgIpc) is 3.18. The molecule has 26 heavy (non-hydrogen) atoms. The second-order valence-corrected chi connectivity index (χ2v) is 6.85. The molecule has 0 bridgehead atoms. The molecule has 142 valence electrons. The highest BCUT2D eigenvalue weighted by Crippen LogP contribution is 2.22. The molecule has 0 aliphatic rings. The smallest absolute Gasteiger partial charge is 0.220 e.